The molecule has 0 fully saturated rings. The van der Waals surface area contributed by atoms with E-state index in [0.29, 0.717) is 6.07 Å². The molecule has 37 heavy (non-hydrogen) atoms. The van der Waals surface area contributed by atoms with Crippen LogP contribution < -0.4 is 5.32 Å². The molecule has 0 aliphatic heterocycles. The number of non-ortho nitro benzene ring substituents is 1. The number of benzene rings is 3. The number of halogens is 3. The van der Waals surface area contributed by atoms with Crippen molar-refractivity contribution in [3.8, 4) is 11.8 Å². The number of hydrogen-bond acceptors (Lipinski definition) is 6. The summed E-state index contributed by atoms with van der Waals surface area (Å²) in [6, 6.07) is 19.3. The molecule has 0 aliphatic rings. The molecule has 12 heteroatoms. The molecule has 1 aromatic heterocycles. The predicted octanol–water partition coefficient (Wildman–Crippen LogP) is 5.00. The number of amides is 1. The normalized spacial score (nSPS) is 12.0. The van der Waals surface area contributed by atoms with Gasteiger partial charge in [-0.1, -0.05) is 30.3 Å². The maximum absolute atomic E-state index is 13.4. The summed E-state index contributed by atoms with van der Waals surface area (Å²) >= 11 is 0. The van der Waals surface area contributed by atoms with E-state index in [4.69, 9.17) is 5.26 Å². The number of alkyl halides is 3. The fourth-order valence-corrected chi connectivity index (χ4v) is 3.57. The Labute approximate surface area is 207 Å². The lowest BCUT2D eigenvalue weighted by Gasteiger charge is -2.14. The van der Waals surface area contributed by atoms with Gasteiger partial charge in [0.25, 0.3) is 11.6 Å². The quantitative estimate of drug-likeness (QED) is 0.279. The number of aromatic nitrogens is 2. The molecule has 3 aromatic carbocycles. The van der Waals surface area contributed by atoms with Crippen molar-refractivity contribution in [3.63, 3.8) is 0 Å². The van der Waals surface area contributed by atoms with Crippen LogP contribution in [0.3, 0.4) is 0 Å². The lowest BCUT2D eigenvalue weighted by atomic mass is 10.0. The first-order valence-electron chi connectivity index (χ1n) is 10.6. The first-order valence-corrected chi connectivity index (χ1v) is 10.6. The van der Waals surface area contributed by atoms with Crippen LogP contribution in [0.15, 0.2) is 78.9 Å². The number of hydrogen-bond donors (Lipinski definition) is 2. The van der Waals surface area contributed by atoms with Gasteiger partial charge in [-0.15, -0.1) is 0 Å². The van der Waals surface area contributed by atoms with Crippen LogP contribution in [0.25, 0.3) is 5.69 Å². The largest absolute Gasteiger partial charge is 0.435 e. The Morgan fingerprint density at radius 1 is 1.05 bits per heavy atom. The van der Waals surface area contributed by atoms with Crippen molar-refractivity contribution >= 4 is 17.3 Å². The molecule has 1 unspecified atom stereocenters. The van der Waals surface area contributed by atoms with Gasteiger partial charge >= 0.3 is 6.18 Å². The standard InChI is InChI=1S/C25H16F3N5O4/c26-25(27,28)22-13-21(32(31-22)19-8-1-4-15(10-19)14-29)24(35)30-18-7-2-5-16(11-18)23(34)17-6-3-9-20(12-17)33(36)37/h1-13,23,34H,(H,30,35). The third-order valence-electron chi connectivity index (χ3n) is 5.31. The fraction of sp³-hybridized carbons (Fsp3) is 0.0800. The number of rotatable bonds is 6. The van der Waals surface area contributed by atoms with Gasteiger partial charge in [0.15, 0.2) is 5.69 Å². The lowest BCUT2D eigenvalue weighted by Crippen LogP contribution is -2.17. The highest BCUT2D eigenvalue weighted by Gasteiger charge is 2.36. The molecule has 186 valence electrons. The van der Waals surface area contributed by atoms with Gasteiger partial charge < -0.3 is 10.4 Å². The Morgan fingerprint density at radius 3 is 2.41 bits per heavy atom. The van der Waals surface area contributed by atoms with Crippen LogP contribution in [-0.2, 0) is 6.18 Å². The van der Waals surface area contributed by atoms with E-state index in [-0.39, 0.29) is 33.8 Å². The summed E-state index contributed by atoms with van der Waals surface area (Å²) in [4.78, 5) is 23.5. The van der Waals surface area contributed by atoms with Crippen molar-refractivity contribution in [1.82, 2.24) is 9.78 Å². The second kappa shape index (κ2) is 9.92. The molecule has 1 atom stereocenters. The zero-order valence-corrected chi connectivity index (χ0v) is 18.7. The van der Waals surface area contributed by atoms with Crippen molar-refractivity contribution in [3.05, 3.63) is 117 Å². The summed E-state index contributed by atoms with van der Waals surface area (Å²) in [5.74, 6) is -0.924. The number of nitro groups is 1. The summed E-state index contributed by atoms with van der Waals surface area (Å²) < 4.78 is 40.9. The molecule has 9 nitrogen and oxygen atoms in total. The van der Waals surface area contributed by atoms with Crippen molar-refractivity contribution < 1.29 is 28.0 Å². The average Bonchev–Trinajstić information content (AvgIpc) is 3.35. The molecular weight excluding hydrogens is 491 g/mol. The Hall–Kier alpha value is -5.02. The maximum Gasteiger partial charge on any atom is 0.435 e. The summed E-state index contributed by atoms with van der Waals surface area (Å²) in [5.41, 5.74) is -1.03. The predicted molar refractivity (Wildman–Crippen MR) is 125 cm³/mol. The van der Waals surface area contributed by atoms with Crippen molar-refractivity contribution in [2.75, 3.05) is 5.32 Å². The molecule has 0 radical (unpaired) electrons. The lowest BCUT2D eigenvalue weighted by molar-refractivity contribution is -0.385. The second-order valence-corrected chi connectivity index (χ2v) is 7.82. The van der Waals surface area contributed by atoms with Gasteiger partial charge in [-0.25, -0.2) is 4.68 Å². The van der Waals surface area contributed by atoms with E-state index in [1.165, 1.54) is 72.8 Å². The summed E-state index contributed by atoms with van der Waals surface area (Å²) in [7, 11) is 0. The first-order chi connectivity index (χ1) is 17.6. The number of aliphatic hydroxyl groups excluding tert-OH is 1. The third-order valence-corrected chi connectivity index (χ3v) is 5.31. The van der Waals surface area contributed by atoms with Crippen molar-refractivity contribution in [2.45, 2.75) is 12.3 Å². The maximum atomic E-state index is 13.4. The van der Waals surface area contributed by atoms with E-state index < -0.39 is 34.5 Å². The minimum Gasteiger partial charge on any atom is -0.384 e. The van der Waals surface area contributed by atoms with Crippen LogP contribution in [0.5, 0.6) is 0 Å². The number of carbonyl (C=O) groups is 1. The molecule has 0 saturated carbocycles. The number of aliphatic hydroxyl groups is 1. The Balaban J connectivity index is 1.66. The van der Waals surface area contributed by atoms with E-state index in [1.54, 1.807) is 0 Å². The fourth-order valence-electron chi connectivity index (χ4n) is 3.57. The van der Waals surface area contributed by atoms with Crippen LogP contribution >= 0.6 is 0 Å². The van der Waals surface area contributed by atoms with Gasteiger partial charge in [-0.2, -0.15) is 23.5 Å². The Kier molecular flexibility index (Phi) is 6.73. The number of anilines is 1. The molecule has 2 N–H and O–H groups in total. The zero-order valence-electron chi connectivity index (χ0n) is 18.7. The van der Waals surface area contributed by atoms with Gasteiger partial charge in [0.05, 0.1) is 22.2 Å². The van der Waals surface area contributed by atoms with Crippen LogP contribution in [0.2, 0.25) is 0 Å². The monoisotopic (exact) mass is 507 g/mol. The minimum absolute atomic E-state index is 0.0783. The van der Waals surface area contributed by atoms with Gasteiger partial charge in [-0.3, -0.25) is 14.9 Å². The van der Waals surface area contributed by atoms with Crippen LogP contribution in [0.4, 0.5) is 24.5 Å². The van der Waals surface area contributed by atoms with Crippen LogP contribution in [0, 0.1) is 21.4 Å². The molecule has 0 aliphatic carbocycles. The van der Waals surface area contributed by atoms with Gasteiger partial charge in [-0.05, 0) is 41.5 Å². The second-order valence-electron chi connectivity index (χ2n) is 7.82. The molecule has 0 spiro atoms. The zero-order chi connectivity index (χ0) is 26.7. The summed E-state index contributed by atoms with van der Waals surface area (Å²) in [5, 5.41) is 36.9. The molecule has 4 rings (SSSR count). The van der Waals surface area contributed by atoms with Crippen molar-refractivity contribution in [1.29, 1.82) is 5.26 Å². The Morgan fingerprint density at radius 2 is 1.73 bits per heavy atom. The molecular formula is C25H16F3N5O4. The van der Waals surface area contributed by atoms with E-state index in [0.717, 1.165) is 4.68 Å². The molecule has 4 aromatic rings. The SMILES string of the molecule is N#Cc1cccc(-n2nc(C(F)(F)F)cc2C(=O)Nc2cccc(C(O)c3cccc([N+](=O)[O-])c3)c2)c1. The van der Waals surface area contributed by atoms with E-state index >= 15 is 0 Å². The smallest absolute Gasteiger partial charge is 0.384 e. The average molecular weight is 507 g/mol. The highest BCUT2D eigenvalue weighted by Crippen LogP contribution is 2.31. The molecule has 0 bridgehead atoms. The van der Waals surface area contributed by atoms with Gasteiger partial charge in [0.1, 0.15) is 11.8 Å². The number of nitro benzene ring substituents is 1. The third kappa shape index (κ3) is 5.47. The highest BCUT2D eigenvalue weighted by atomic mass is 19.4. The van der Waals surface area contributed by atoms with Crippen LogP contribution in [0.1, 0.15) is 39.0 Å². The van der Waals surface area contributed by atoms with Gasteiger partial charge in [0, 0.05) is 23.9 Å². The van der Waals surface area contributed by atoms with Gasteiger partial charge in [0.2, 0.25) is 0 Å². The molecule has 1 amide bonds. The minimum atomic E-state index is -4.82. The van der Waals surface area contributed by atoms with Crippen molar-refractivity contribution in [2.24, 2.45) is 0 Å². The number of nitrogens with one attached hydrogen (secondary N) is 1. The Bertz CT molecular complexity index is 1540. The summed E-state index contributed by atoms with van der Waals surface area (Å²) in [6.45, 7) is 0. The number of nitrogens with zero attached hydrogens (tertiary/aromatic N) is 4. The highest BCUT2D eigenvalue weighted by molar-refractivity contribution is 6.03. The van der Waals surface area contributed by atoms with E-state index in [2.05, 4.69) is 10.4 Å². The summed E-state index contributed by atoms with van der Waals surface area (Å²) in [6.07, 6.45) is -6.09. The molecule has 1 heterocycles. The van der Waals surface area contributed by atoms with E-state index in [9.17, 15) is 33.2 Å². The van der Waals surface area contributed by atoms with E-state index in [1.807, 2.05) is 6.07 Å². The number of carbonyl (C=O) groups excluding carboxylic acids is 1. The topological polar surface area (TPSA) is 134 Å². The first kappa shape index (κ1) is 25.1. The molecule has 0 saturated heterocycles. The van der Waals surface area contributed by atoms with Crippen LogP contribution in [-0.4, -0.2) is 25.7 Å². The number of nitriles is 1.